The minimum atomic E-state index is -0.318. The van der Waals surface area contributed by atoms with Crippen molar-refractivity contribution in [2.24, 2.45) is 0 Å². The molecule has 1 aliphatic heterocycles. The molecule has 0 unspecified atom stereocenters. The quantitative estimate of drug-likeness (QED) is 0.653. The van der Waals surface area contributed by atoms with Crippen LogP contribution >= 0.6 is 0 Å². The molecule has 27 heavy (non-hydrogen) atoms. The zero-order valence-electron chi connectivity index (χ0n) is 15.4. The molecule has 142 valence electrons. The maximum Gasteiger partial charge on any atom is 0.154 e. The SMILES string of the molecule is C1COCCN1.CNc1ccc(-c2cc3nccnc3c(NC)n2)cc1F. The molecule has 7 nitrogen and oxygen atoms in total. The van der Waals surface area contributed by atoms with E-state index in [0.717, 1.165) is 26.3 Å². The van der Waals surface area contributed by atoms with E-state index in [0.29, 0.717) is 33.8 Å². The average molecular weight is 370 g/mol. The summed E-state index contributed by atoms with van der Waals surface area (Å²) >= 11 is 0. The van der Waals surface area contributed by atoms with Gasteiger partial charge in [-0.3, -0.25) is 4.98 Å². The third-order valence-corrected chi connectivity index (χ3v) is 4.07. The van der Waals surface area contributed by atoms with E-state index in [2.05, 4.69) is 30.9 Å². The Balaban J connectivity index is 0.000000299. The smallest absolute Gasteiger partial charge is 0.154 e. The Hall–Kier alpha value is -2.84. The molecule has 1 saturated heterocycles. The molecule has 0 saturated carbocycles. The van der Waals surface area contributed by atoms with E-state index in [-0.39, 0.29) is 5.82 Å². The van der Waals surface area contributed by atoms with Crippen molar-refractivity contribution < 1.29 is 9.13 Å². The molecule has 1 aromatic carbocycles. The Morgan fingerprint density at radius 2 is 1.81 bits per heavy atom. The molecule has 0 radical (unpaired) electrons. The summed E-state index contributed by atoms with van der Waals surface area (Å²) in [4.78, 5) is 13.0. The summed E-state index contributed by atoms with van der Waals surface area (Å²) in [6.45, 7) is 3.83. The first-order valence-corrected chi connectivity index (χ1v) is 8.78. The molecule has 1 aliphatic rings. The van der Waals surface area contributed by atoms with Crippen molar-refractivity contribution in [3.8, 4) is 11.3 Å². The maximum atomic E-state index is 13.9. The summed E-state index contributed by atoms with van der Waals surface area (Å²) in [5.41, 5.74) is 3.19. The predicted octanol–water partition coefficient (Wildman–Crippen LogP) is 2.52. The Labute approximate surface area is 157 Å². The first kappa shape index (κ1) is 18.9. The Morgan fingerprint density at radius 3 is 2.41 bits per heavy atom. The molecule has 3 aromatic rings. The second-order valence-corrected chi connectivity index (χ2v) is 5.84. The van der Waals surface area contributed by atoms with Crippen molar-refractivity contribution in [2.75, 3.05) is 51.0 Å². The van der Waals surface area contributed by atoms with E-state index in [1.54, 1.807) is 38.6 Å². The van der Waals surface area contributed by atoms with Crippen LogP contribution in [0.15, 0.2) is 36.7 Å². The lowest BCUT2D eigenvalue weighted by Gasteiger charge is -2.10. The summed E-state index contributed by atoms with van der Waals surface area (Å²) < 4.78 is 18.9. The fourth-order valence-electron chi connectivity index (χ4n) is 2.69. The van der Waals surface area contributed by atoms with Gasteiger partial charge < -0.3 is 20.7 Å². The van der Waals surface area contributed by atoms with Crippen molar-refractivity contribution in [1.82, 2.24) is 20.3 Å². The molecule has 0 bridgehead atoms. The zero-order valence-corrected chi connectivity index (χ0v) is 15.4. The summed E-state index contributed by atoms with van der Waals surface area (Å²) in [6, 6.07) is 6.76. The van der Waals surface area contributed by atoms with E-state index in [1.807, 2.05) is 6.07 Å². The monoisotopic (exact) mass is 370 g/mol. The van der Waals surface area contributed by atoms with E-state index in [1.165, 1.54) is 6.07 Å². The van der Waals surface area contributed by atoms with E-state index < -0.39 is 0 Å². The number of benzene rings is 1. The number of anilines is 2. The molecule has 0 amide bonds. The van der Waals surface area contributed by atoms with Gasteiger partial charge in [-0.25, -0.2) is 14.4 Å². The van der Waals surface area contributed by atoms with Gasteiger partial charge in [0.05, 0.1) is 30.1 Å². The molecular weight excluding hydrogens is 347 g/mol. The predicted molar refractivity (Wildman–Crippen MR) is 106 cm³/mol. The zero-order chi connectivity index (χ0) is 19.1. The van der Waals surface area contributed by atoms with E-state index in [9.17, 15) is 4.39 Å². The number of pyridine rings is 1. The van der Waals surface area contributed by atoms with Gasteiger partial charge in [0.1, 0.15) is 11.3 Å². The van der Waals surface area contributed by atoms with Crippen molar-refractivity contribution >= 4 is 22.5 Å². The fourth-order valence-corrected chi connectivity index (χ4v) is 2.69. The minimum Gasteiger partial charge on any atom is -0.386 e. The standard InChI is InChI=1S/C15H14FN5.C4H9NO/c1-17-11-4-3-9(7-10(11)16)12-8-13-14(15(18-2)21-12)20-6-5-19-13;1-3-6-4-2-5-1/h3-8,17H,1-2H3,(H,18,21);5H,1-4H2. The number of rotatable bonds is 3. The van der Waals surface area contributed by atoms with Gasteiger partial charge in [-0.05, 0) is 18.2 Å². The lowest BCUT2D eigenvalue weighted by molar-refractivity contribution is 0.109. The first-order chi connectivity index (χ1) is 13.2. The molecule has 8 heteroatoms. The van der Waals surface area contributed by atoms with Gasteiger partial charge in [-0.15, -0.1) is 0 Å². The van der Waals surface area contributed by atoms with Gasteiger partial charge in [-0.1, -0.05) is 6.07 Å². The van der Waals surface area contributed by atoms with E-state index >= 15 is 0 Å². The number of hydrogen-bond acceptors (Lipinski definition) is 7. The number of halogens is 1. The number of fused-ring (bicyclic) bond motifs is 1. The Morgan fingerprint density at radius 1 is 1.04 bits per heavy atom. The van der Waals surface area contributed by atoms with Crippen LogP contribution in [0.5, 0.6) is 0 Å². The number of morpholine rings is 1. The topological polar surface area (TPSA) is 84.0 Å². The molecule has 2 aromatic heterocycles. The van der Waals surface area contributed by atoms with Crippen LogP contribution < -0.4 is 16.0 Å². The van der Waals surface area contributed by atoms with Crippen molar-refractivity contribution in [3.63, 3.8) is 0 Å². The maximum absolute atomic E-state index is 13.9. The third-order valence-electron chi connectivity index (χ3n) is 4.07. The molecule has 4 rings (SSSR count). The van der Waals surface area contributed by atoms with Gasteiger partial charge in [-0.2, -0.15) is 0 Å². The van der Waals surface area contributed by atoms with Gasteiger partial charge in [0.15, 0.2) is 5.82 Å². The van der Waals surface area contributed by atoms with Crippen LogP contribution in [0.3, 0.4) is 0 Å². The van der Waals surface area contributed by atoms with Crippen LogP contribution in [0.25, 0.3) is 22.3 Å². The lowest BCUT2D eigenvalue weighted by Crippen LogP contribution is -2.30. The summed E-state index contributed by atoms with van der Waals surface area (Å²) in [5.74, 6) is 0.302. The Bertz CT molecular complexity index is 889. The normalized spacial score (nSPS) is 13.6. The number of nitrogens with zero attached hydrogens (tertiary/aromatic N) is 3. The molecule has 0 aliphatic carbocycles. The number of aromatic nitrogens is 3. The van der Waals surface area contributed by atoms with Crippen LogP contribution in [0.1, 0.15) is 0 Å². The third kappa shape index (κ3) is 4.66. The van der Waals surface area contributed by atoms with Gasteiger partial charge in [0.25, 0.3) is 0 Å². The minimum absolute atomic E-state index is 0.318. The number of hydrogen-bond donors (Lipinski definition) is 3. The van der Waals surface area contributed by atoms with Crippen LogP contribution in [0.2, 0.25) is 0 Å². The van der Waals surface area contributed by atoms with Crippen LogP contribution in [-0.2, 0) is 4.74 Å². The fraction of sp³-hybridized carbons (Fsp3) is 0.316. The van der Waals surface area contributed by atoms with Crippen LogP contribution in [0.4, 0.5) is 15.9 Å². The molecule has 3 N–H and O–H groups in total. The number of nitrogens with one attached hydrogen (secondary N) is 3. The average Bonchev–Trinajstić information content (AvgIpc) is 2.74. The highest BCUT2D eigenvalue weighted by Crippen LogP contribution is 2.27. The van der Waals surface area contributed by atoms with Crippen LogP contribution in [0, 0.1) is 5.82 Å². The summed E-state index contributed by atoms with van der Waals surface area (Å²) in [6.07, 6.45) is 3.24. The highest BCUT2D eigenvalue weighted by Gasteiger charge is 2.10. The van der Waals surface area contributed by atoms with Crippen LogP contribution in [-0.4, -0.2) is 55.4 Å². The van der Waals surface area contributed by atoms with E-state index in [4.69, 9.17) is 4.74 Å². The van der Waals surface area contributed by atoms with Gasteiger partial charge >= 0.3 is 0 Å². The highest BCUT2D eigenvalue weighted by molar-refractivity contribution is 5.88. The molecule has 1 fully saturated rings. The summed E-state index contributed by atoms with van der Waals surface area (Å²) in [5, 5.41) is 8.95. The first-order valence-electron chi connectivity index (χ1n) is 8.78. The van der Waals surface area contributed by atoms with Gasteiger partial charge in [0.2, 0.25) is 0 Å². The second-order valence-electron chi connectivity index (χ2n) is 5.84. The van der Waals surface area contributed by atoms with Crippen molar-refractivity contribution in [3.05, 3.63) is 42.5 Å². The summed E-state index contributed by atoms with van der Waals surface area (Å²) in [7, 11) is 3.45. The molecule has 3 heterocycles. The Kier molecular flexibility index (Phi) is 6.45. The lowest BCUT2D eigenvalue weighted by atomic mass is 10.1. The number of ether oxygens (including phenoxy) is 1. The van der Waals surface area contributed by atoms with Crippen molar-refractivity contribution in [2.45, 2.75) is 0 Å². The molecule has 0 spiro atoms. The largest absolute Gasteiger partial charge is 0.386 e. The second kappa shape index (κ2) is 9.20. The van der Waals surface area contributed by atoms with Crippen molar-refractivity contribution in [1.29, 1.82) is 0 Å². The molecule has 0 atom stereocenters. The highest BCUT2D eigenvalue weighted by atomic mass is 19.1. The van der Waals surface area contributed by atoms with Gasteiger partial charge in [0, 0.05) is 45.1 Å². The molecular formula is C19H23FN6O.